The predicted octanol–water partition coefficient (Wildman–Crippen LogP) is 3.03. The van der Waals surface area contributed by atoms with Gasteiger partial charge in [-0.3, -0.25) is 14.5 Å². The molecule has 0 saturated heterocycles. The Morgan fingerprint density at radius 3 is 2.36 bits per heavy atom. The molecular formula is C17H14N2O2S. The maximum Gasteiger partial charge on any atom is 0.268 e. The zero-order chi connectivity index (χ0) is 15.5. The molecule has 0 spiro atoms. The van der Waals surface area contributed by atoms with Gasteiger partial charge in [-0.05, 0) is 29.7 Å². The molecule has 1 heterocycles. The number of carbonyl (C=O) groups excluding carboxylic acids is 2. The summed E-state index contributed by atoms with van der Waals surface area (Å²) in [6.45, 7) is -0.142. The second-order valence-electron chi connectivity index (χ2n) is 4.84. The van der Waals surface area contributed by atoms with E-state index < -0.39 is 5.91 Å². The second kappa shape index (κ2) is 5.99. The lowest BCUT2D eigenvalue weighted by atomic mass is 10.2. The minimum absolute atomic E-state index is 0.142. The lowest BCUT2D eigenvalue weighted by Crippen LogP contribution is -2.38. The minimum Gasteiger partial charge on any atom is -0.368 e. The molecule has 22 heavy (non-hydrogen) atoms. The zero-order valence-corrected chi connectivity index (χ0v) is 12.5. The van der Waals surface area contributed by atoms with Crippen molar-refractivity contribution in [2.45, 2.75) is 0 Å². The molecule has 5 heteroatoms. The van der Waals surface area contributed by atoms with Gasteiger partial charge in [-0.1, -0.05) is 36.4 Å². The number of benzene rings is 2. The van der Waals surface area contributed by atoms with Gasteiger partial charge in [-0.25, -0.2) is 0 Å². The summed E-state index contributed by atoms with van der Waals surface area (Å²) in [5.41, 5.74) is 5.95. The van der Waals surface area contributed by atoms with E-state index in [2.05, 4.69) is 0 Å². The van der Waals surface area contributed by atoms with Crippen LogP contribution in [0.1, 0.15) is 9.67 Å². The number of hydrogen-bond acceptors (Lipinski definition) is 3. The molecule has 110 valence electrons. The third-order valence-electron chi connectivity index (χ3n) is 3.26. The normalized spacial score (nSPS) is 10.5. The van der Waals surface area contributed by atoms with Crippen molar-refractivity contribution in [3.05, 3.63) is 65.5 Å². The number of nitrogens with zero attached hydrogens (tertiary/aromatic N) is 1. The number of anilines is 1. The first-order valence-electron chi connectivity index (χ1n) is 6.79. The van der Waals surface area contributed by atoms with Crippen LogP contribution in [0.25, 0.3) is 10.1 Å². The van der Waals surface area contributed by atoms with Crippen molar-refractivity contribution in [3.8, 4) is 0 Å². The average molecular weight is 310 g/mol. The molecule has 4 nitrogen and oxygen atoms in total. The molecule has 0 aliphatic carbocycles. The highest BCUT2D eigenvalue weighted by Crippen LogP contribution is 2.27. The predicted molar refractivity (Wildman–Crippen MR) is 89.1 cm³/mol. The monoisotopic (exact) mass is 310 g/mol. The fourth-order valence-electron chi connectivity index (χ4n) is 2.26. The molecule has 0 saturated carbocycles. The van der Waals surface area contributed by atoms with Crippen LogP contribution >= 0.6 is 11.3 Å². The topological polar surface area (TPSA) is 63.4 Å². The zero-order valence-electron chi connectivity index (χ0n) is 11.7. The highest BCUT2D eigenvalue weighted by atomic mass is 32.1. The Hall–Kier alpha value is -2.66. The number of fused-ring (bicyclic) bond motifs is 1. The van der Waals surface area contributed by atoms with E-state index >= 15 is 0 Å². The Bertz CT molecular complexity index is 794. The summed E-state index contributed by atoms with van der Waals surface area (Å²) in [4.78, 5) is 26.1. The summed E-state index contributed by atoms with van der Waals surface area (Å²) in [6.07, 6.45) is 0. The van der Waals surface area contributed by atoms with Gasteiger partial charge in [0.15, 0.2) is 0 Å². The first kappa shape index (κ1) is 14.3. The lowest BCUT2D eigenvalue weighted by molar-refractivity contribution is -0.116. The van der Waals surface area contributed by atoms with Crippen molar-refractivity contribution in [1.82, 2.24) is 0 Å². The molecule has 0 aliphatic rings. The first-order chi connectivity index (χ1) is 10.6. The van der Waals surface area contributed by atoms with Gasteiger partial charge in [0, 0.05) is 10.4 Å². The van der Waals surface area contributed by atoms with E-state index in [1.807, 2.05) is 48.5 Å². The quantitative estimate of drug-likeness (QED) is 0.805. The van der Waals surface area contributed by atoms with Gasteiger partial charge in [0.1, 0.15) is 6.54 Å². The smallest absolute Gasteiger partial charge is 0.268 e. The Morgan fingerprint density at radius 1 is 1.00 bits per heavy atom. The van der Waals surface area contributed by atoms with Crippen molar-refractivity contribution in [3.63, 3.8) is 0 Å². The molecule has 0 fully saturated rings. The highest BCUT2D eigenvalue weighted by Gasteiger charge is 2.21. The van der Waals surface area contributed by atoms with Crippen molar-refractivity contribution >= 4 is 38.9 Å². The van der Waals surface area contributed by atoms with E-state index in [1.54, 1.807) is 12.1 Å². The van der Waals surface area contributed by atoms with Crippen LogP contribution in [0.4, 0.5) is 5.69 Å². The SMILES string of the molecule is NC(=O)CN(C(=O)c1cc2ccccc2s1)c1ccccc1. The first-order valence-corrected chi connectivity index (χ1v) is 7.60. The van der Waals surface area contributed by atoms with Gasteiger partial charge in [0.2, 0.25) is 5.91 Å². The molecule has 0 aliphatic heterocycles. The molecule has 2 amide bonds. The Kier molecular flexibility index (Phi) is 3.89. The van der Waals surface area contributed by atoms with Crippen molar-refractivity contribution in [2.24, 2.45) is 5.73 Å². The third kappa shape index (κ3) is 2.84. The lowest BCUT2D eigenvalue weighted by Gasteiger charge is -2.20. The van der Waals surface area contributed by atoms with Crippen LogP contribution in [0, 0.1) is 0 Å². The van der Waals surface area contributed by atoms with E-state index in [4.69, 9.17) is 5.73 Å². The van der Waals surface area contributed by atoms with Crippen LogP contribution in [-0.2, 0) is 4.79 Å². The number of amides is 2. The molecule has 0 unspecified atom stereocenters. The summed E-state index contributed by atoms with van der Waals surface area (Å²) >= 11 is 1.41. The molecule has 0 bridgehead atoms. The number of thiophene rings is 1. The minimum atomic E-state index is -0.543. The molecule has 3 aromatic rings. The Labute approximate surface area is 131 Å². The molecule has 2 N–H and O–H groups in total. The van der Waals surface area contributed by atoms with Gasteiger partial charge in [0.25, 0.3) is 5.91 Å². The maximum absolute atomic E-state index is 12.8. The highest BCUT2D eigenvalue weighted by molar-refractivity contribution is 7.20. The summed E-state index contributed by atoms with van der Waals surface area (Å²) in [7, 11) is 0. The molecule has 2 aromatic carbocycles. The summed E-state index contributed by atoms with van der Waals surface area (Å²) < 4.78 is 1.04. The number of rotatable bonds is 4. The largest absolute Gasteiger partial charge is 0.368 e. The number of nitrogens with two attached hydrogens (primary N) is 1. The molecule has 1 aromatic heterocycles. The Morgan fingerprint density at radius 2 is 1.68 bits per heavy atom. The summed E-state index contributed by atoms with van der Waals surface area (Å²) in [5.74, 6) is -0.760. The van der Waals surface area contributed by atoms with Crippen LogP contribution in [0.3, 0.4) is 0 Å². The van der Waals surface area contributed by atoms with Crippen molar-refractivity contribution < 1.29 is 9.59 Å². The fourth-order valence-corrected chi connectivity index (χ4v) is 3.28. The standard InChI is InChI=1S/C17H14N2O2S/c18-16(20)11-19(13-7-2-1-3-8-13)17(21)15-10-12-6-4-5-9-14(12)22-15/h1-10H,11H2,(H2,18,20). The van der Waals surface area contributed by atoms with Crippen LogP contribution in [0.2, 0.25) is 0 Å². The van der Waals surface area contributed by atoms with E-state index in [1.165, 1.54) is 16.2 Å². The van der Waals surface area contributed by atoms with Crippen molar-refractivity contribution in [1.29, 1.82) is 0 Å². The van der Waals surface area contributed by atoms with Crippen LogP contribution < -0.4 is 10.6 Å². The number of hydrogen-bond donors (Lipinski definition) is 1. The van der Waals surface area contributed by atoms with E-state index in [-0.39, 0.29) is 12.5 Å². The van der Waals surface area contributed by atoms with Crippen LogP contribution in [0.15, 0.2) is 60.7 Å². The van der Waals surface area contributed by atoms with E-state index in [0.29, 0.717) is 10.6 Å². The maximum atomic E-state index is 12.8. The van der Waals surface area contributed by atoms with Gasteiger partial charge >= 0.3 is 0 Å². The summed E-state index contributed by atoms with van der Waals surface area (Å²) in [6, 6.07) is 18.7. The van der Waals surface area contributed by atoms with Crippen LogP contribution in [-0.4, -0.2) is 18.4 Å². The number of primary amides is 1. The van der Waals surface area contributed by atoms with Gasteiger partial charge in [0.05, 0.1) is 4.88 Å². The average Bonchev–Trinajstić information content (AvgIpc) is 2.96. The third-order valence-corrected chi connectivity index (χ3v) is 4.37. The van der Waals surface area contributed by atoms with Gasteiger partial charge in [-0.15, -0.1) is 11.3 Å². The van der Waals surface area contributed by atoms with Crippen LogP contribution in [0.5, 0.6) is 0 Å². The van der Waals surface area contributed by atoms with Gasteiger partial charge in [-0.2, -0.15) is 0 Å². The molecular weight excluding hydrogens is 296 g/mol. The number of carbonyl (C=O) groups is 2. The van der Waals surface area contributed by atoms with Crippen molar-refractivity contribution in [2.75, 3.05) is 11.4 Å². The van der Waals surface area contributed by atoms with E-state index in [0.717, 1.165) is 10.1 Å². The number of para-hydroxylation sites is 1. The van der Waals surface area contributed by atoms with E-state index in [9.17, 15) is 9.59 Å². The molecule has 0 atom stereocenters. The molecule has 0 radical (unpaired) electrons. The summed E-state index contributed by atoms with van der Waals surface area (Å²) in [5, 5.41) is 1.02. The van der Waals surface area contributed by atoms with Gasteiger partial charge < -0.3 is 5.73 Å². The molecule has 3 rings (SSSR count). The Balaban J connectivity index is 1.99. The fraction of sp³-hybridized carbons (Fsp3) is 0.0588. The second-order valence-corrected chi connectivity index (χ2v) is 5.93.